The van der Waals surface area contributed by atoms with Crippen molar-refractivity contribution >= 4 is 29.3 Å². The first-order valence-corrected chi connectivity index (χ1v) is 6.05. The molecule has 4 heteroatoms. The van der Waals surface area contributed by atoms with E-state index in [9.17, 15) is 9.90 Å². The summed E-state index contributed by atoms with van der Waals surface area (Å²) in [6, 6.07) is 13.7. The van der Waals surface area contributed by atoms with E-state index in [0.717, 1.165) is 5.56 Å². The molecule has 96 valence electrons. The van der Waals surface area contributed by atoms with Crippen molar-refractivity contribution in [2.75, 3.05) is 5.32 Å². The van der Waals surface area contributed by atoms with Gasteiger partial charge in [0.25, 0.3) is 0 Å². The van der Waals surface area contributed by atoms with Crippen LogP contribution in [0.5, 0.6) is 5.75 Å². The normalized spacial score (nSPS) is 10.6. The smallest absolute Gasteiger partial charge is 0.248 e. The lowest BCUT2D eigenvalue weighted by Crippen LogP contribution is -2.07. The van der Waals surface area contributed by atoms with Crippen LogP contribution in [-0.4, -0.2) is 11.0 Å². The Bertz CT molecular complexity index is 606. The summed E-state index contributed by atoms with van der Waals surface area (Å²) < 4.78 is 0. The molecule has 1 amide bonds. The highest BCUT2D eigenvalue weighted by Crippen LogP contribution is 2.21. The maximum absolute atomic E-state index is 11.7. The first-order valence-electron chi connectivity index (χ1n) is 5.68. The summed E-state index contributed by atoms with van der Waals surface area (Å²) in [7, 11) is 0. The van der Waals surface area contributed by atoms with Gasteiger partial charge in [-0.1, -0.05) is 35.9 Å². The zero-order valence-electron chi connectivity index (χ0n) is 10.0. The van der Waals surface area contributed by atoms with Gasteiger partial charge in [-0.15, -0.1) is 0 Å². The summed E-state index contributed by atoms with van der Waals surface area (Å²) in [5.74, 6) is -0.271. The molecule has 0 radical (unpaired) electrons. The van der Waals surface area contributed by atoms with E-state index >= 15 is 0 Å². The van der Waals surface area contributed by atoms with Gasteiger partial charge in [-0.3, -0.25) is 4.79 Å². The molecule has 0 spiro atoms. The highest BCUT2D eigenvalue weighted by Gasteiger charge is 2.01. The number of amides is 1. The molecule has 2 aromatic rings. The Hall–Kier alpha value is -2.26. The molecule has 2 N–H and O–H groups in total. The molecule has 0 atom stereocenters. The van der Waals surface area contributed by atoms with Crippen LogP contribution in [0.15, 0.2) is 54.6 Å². The molecule has 0 aliphatic carbocycles. The number of halogens is 1. The van der Waals surface area contributed by atoms with Crippen molar-refractivity contribution in [3.05, 3.63) is 65.2 Å². The van der Waals surface area contributed by atoms with E-state index in [-0.39, 0.29) is 11.7 Å². The molecule has 0 fully saturated rings. The molecule has 2 rings (SSSR count). The Morgan fingerprint density at radius 2 is 1.79 bits per heavy atom. The summed E-state index contributed by atoms with van der Waals surface area (Å²) in [4.78, 5) is 11.7. The molecule has 0 aromatic heterocycles. The highest BCUT2D eigenvalue weighted by molar-refractivity contribution is 6.30. The topological polar surface area (TPSA) is 49.3 Å². The molecule has 0 bridgehead atoms. The minimum atomic E-state index is -0.309. The third kappa shape index (κ3) is 3.86. The SMILES string of the molecule is O=C(/C=C/c1ccc(Cl)cc1)Nc1ccccc1O. The molecule has 0 heterocycles. The molecule has 2 aromatic carbocycles. The molecule has 0 saturated heterocycles. The number of phenols is 1. The van der Waals surface area contributed by atoms with E-state index in [0.29, 0.717) is 10.7 Å². The van der Waals surface area contributed by atoms with Gasteiger partial charge in [0.05, 0.1) is 5.69 Å². The van der Waals surface area contributed by atoms with Gasteiger partial charge in [0.1, 0.15) is 5.75 Å². The number of hydrogen-bond donors (Lipinski definition) is 2. The molecule has 19 heavy (non-hydrogen) atoms. The average molecular weight is 274 g/mol. The fraction of sp³-hybridized carbons (Fsp3) is 0. The third-order valence-electron chi connectivity index (χ3n) is 2.46. The number of carbonyl (C=O) groups excluding carboxylic acids is 1. The average Bonchev–Trinajstić information content (AvgIpc) is 2.41. The van der Waals surface area contributed by atoms with Crippen LogP contribution in [0.25, 0.3) is 6.08 Å². The van der Waals surface area contributed by atoms with Crippen molar-refractivity contribution in [3.63, 3.8) is 0 Å². The Morgan fingerprint density at radius 1 is 1.11 bits per heavy atom. The number of hydrogen-bond acceptors (Lipinski definition) is 2. The predicted molar refractivity (Wildman–Crippen MR) is 77.2 cm³/mol. The van der Waals surface area contributed by atoms with Crippen molar-refractivity contribution in [1.29, 1.82) is 0 Å². The van der Waals surface area contributed by atoms with Crippen LogP contribution in [0.1, 0.15) is 5.56 Å². The van der Waals surface area contributed by atoms with Gasteiger partial charge in [0.15, 0.2) is 0 Å². The standard InChI is InChI=1S/C15H12ClNO2/c16-12-8-5-11(6-9-12)7-10-15(19)17-13-3-1-2-4-14(13)18/h1-10,18H,(H,17,19)/b10-7+. The van der Waals surface area contributed by atoms with Crippen LogP contribution in [-0.2, 0) is 4.79 Å². The Kier molecular flexibility index (Phi) is 4.21. The van der Waals surface area contributed by atoms with Gasteiger partial charge in [-0.25, -0.2) is 0 Å². The van der Waals surface area contributed by atoms with Crippen LogP contribution in [0.2, 0.25) is 5.02 Å². The number of carbonyl (C=O) groups is 1. The second kappa shape index (κ2) is 6.07. The Morgan fingerprint density at radius 3 is 2.47 bits per heavy atom. The van der Waals surface area contributed by atoms with Crippen LogP contribution in [0.4, 0.5) is 5.69 Å². The number of rotatable bonds is 3. The Labute approximate surface area is 116 Å². The maximum atomic E-state index is 11.7. The summed E-state index contributed by atoms with van der Waals surface area (Å²) in [6.07, 6.45) is 3.07. The molecule has 0 saturated carbocycles. The van der Waals surface area contributed by atoms with Crippen LogP contribution in [0.3, 0.4) is 0 Å². The van der Waals surface area contributed by atoms with Crippen molar-refractivity contribution in [2.45, 2.75) is 0 Å². The van der Waals surface area contributed by atoms with Gasteiger partial charge in [-0.05, 0) is 35.9 Å². The first kappa shape index (κ1) is 13.2. The summed E-state index contributed by atoms with van der Waals surface area (Å²) in [6.45, 7) is 0. The number of para-hydroxylation sites is 2. The van der Waals surface area contributed by atoms with Crippen molar-refractivity contribution < 1.29 is 9.90 Å². The number of aromatic hydroxyl groups is 1. The van der Waals surface area contributed by atoms with Crippen LogP contribution in [0, 0.1) is 0 Å². The van der Waals surface area contributed by atoms with Gasteiger partial charge >= 0.3 is 0 Å². The number of benzene rings is 2. The first-order chi connectivity index (χ1) is 9.15. The van der Waals surface area contributed by atoms with E-state index in [1.54, 1.807) is 36.4 Å². The van der Waals surface area contributed by atoms with Crippen molar-refractivity contribution in [2.24, 2.45) is 0 Å². The molecular weight excluding hydrogens is 262 g/mol. The number of anilines is 1. The maximum Gasteiger partial charge on any atom is 0.248 e. The zero-order valence-corrected chi connectivity index (χ0v) is 10.8. The van der Waals surface area contributed by atoms with Gasteiger partial charge in [0.2, 0.25) is 5.91 Å². The number of phenolic OH excluding ortho intramolecular Hbond substituents is 1. The minimum Gasteiger partial charge on any atom is -0.506 e. The second-order valence-corrected chi connectivity index (χ2v) is 4.33. The minimum absolute atomic E-state index is 0.0377. The van der Waals surface area contributed by atoms with E-state index in [1.165, 1.54) is 12.1 Å². The predicted octanol–water partition coefficient (Wildman–Crippen LogP) is 3.70. The fourth-order valence-electron chi connectivity index (χ4n) is 1.50. The lowest BCUT2D eigenvalue weighted by molar-refractivity contribution is -0.111. The molecule has 0 aliphatic rings. The monoisotopic (exact) mass is 273 g/mol. The zero-order chi connectivity index (χ0) is 13.7. The van der Waals surface area contributed by atoms with Gasteiger partial charge < -0.3 is 10.4 Å². The highest BCUT2D eigenvalue weighted by atomic mass is 35.5. The molecule has 3 nitrogen and oxygen atoms in total. The largest absolute Gasteiger partial charge is 0.506 e. The van der Waals surface area contributed by atoms with Gasteiger partial charge in [0, 0.05) is 11.1 Å². The van der Waals surface area contributed by atoms with E-state index in [4.69, 9.17) is 11.6 Å². The molecular formula is C15H12ClNO2. The van der Waals surface area contributed by atoms with Gasteiger partial charge in [-0.2, -0.15) is 0 Å². The van der Waals surface area contributed by atoms with Crippen LogP contribution >= 0.6 is 11.6 Å². The lowest BCUT2D eigenvalue weighted by atomic mass is 10.2. The van der Waals surface area contributed by atoms with E-state index < -0.39 is 0 Å². The van der Waals surface area contributed by atoms with Crippen molar-refractivity contribution in [1.82, 2.24) is 0 Å². The molecule has 0 unspecified atom stereocenters. The van der Waals surface area contributed by atoms with E-state index in [2.05, 4.69) is 5.32 Å². The summed E-state index contributed by atoms with van der Waals surface area (Å²) in [5.41, 5.74) is 1.25. The third-order valence-corrected chi connectivity index (χ3v) is 2.71. The summed E-state index contributed by atoms with van der Waals surface area (Å²) >= 11 is 5.77. The van der Waals surface area contributed by atoms with Crippen molar-refractivity contribution in [3.8, 4) is 5.75 Å². The Balaban J connectivity index is 2.02. The van der Waals surface area contributed by atoms with E-state index in [1.807, 2.05) is 12.1 Å². The number of nitrogens with one attached hydrogen (secondary N) is 1. The summed E-state index contributed by atoms with van der Waals surface area (Å²) in [5, 5.41) is 12.8. The van der Waals surface area contributed by atoms with Crippen LogP contribution < -0.4 is 5.32 Å². The molecule has 0 aliphatic heterocycles. The second-order valence-electron chi connectivity index (χ2n) is 3.89. The lowest BCUT2D eigenvalue weighted by Gasteiger charge is -2.03. The quantitative estimate of drug-likeness (QED) is 0.662. The fourth-order valence-corrected chi connectivity index (χ4v) is 1.63.